The second-order valence-electron chi connectivity index (χ2n) is 11.3. The van der Waals surface area contributed by atoms with E-state index in [2.05, 4.69) is 6.58 Å². The molecule has 2 heterocycles. The minimum atomic E-state index is -1.25. The van der Waals surface area contributed by atoms with Gasteiger partial charge in [0.15, 0.2) is 0 Å². The largest absolute Gasteiger partial charge is 0.455 e. The van der Waals surface area contributed by atoms with Crippen LogP contribution in [0.15, 0.2) is 47.1 Å². The number of ether oxygens (including phenoxy) is 5. The van der Waals surface area contributed by atoms with Crippen molar-refractivity contribution in [3.8, 4) is 0 Å². The van der Waals surface area contributed by atoms with Gasteiger partial charge in [0, 0.05) is 23.1 Å². The van der Waals surface area contributed by atoms with Gasteiger partial charge in [0.05, 0.1) is 17.6 Å². The van der Waals surface area contributed by atoms with Crippen LogP contribution in [0.2, 0.25) is 0 Å². The average molecular weight is 547 g/mol. The lowest BCUT2D eigenvalue weighted by Gasteiger charge is -2.42. The number of hydrogen-bond donors (Lipinski definition) is 1. The number of allylic oxidation sites excluding steroid dienone is 3. The Bertz CT molecular complexity index is 1110. The molecule has 0 bridgehead atoms. The molecule has 0 amide bonds. The van der Waals surface area contributed by atoms with E-state index in [9.17, 15) is 19.5 Å². The van der Waals surface area contributed by atoms with Crippen LogP contribution < -0.4 is 0 Å². The summed E-state index contributed by atoms with van der Waals surface area (Å²) in [6.45, 7) is 19.8. The Morgan fingerprint density at radius 1 is 0.872 bits per heavy atom. The van der Waals surface area contributed by atoms with Crippen molar-refractivity contribution >= 4 is 17.9 Å². The van der Waals surface area contributed by atoms with Crippen LogP contribution in [0.25, 0.3) is 0 Å². The van der Waals surface area contributed by atoms with Gasteiger partial charge in [-0.05, 0) is 67.9 Å². The lowest BCUT2D eigenvalue weighted by Crippen LogP contribution is -2.59. The van der Waals surface area contributed by atoms with Crippen LogP contribution in [0, 0.1) is 5.92 Å². The van der Waals surface area contributed by atoms with E-state index in [0.717, 1.165) is 0 Å². The first kappa shape index (κ1) is 30.8. The average Bonchev–Trinajstić information content (AvgIpc) is 3.77. The monoisotopic (exact) mass is 546 g/mol. The second-order valence-corrected chi connectivity index (χ2v) is 11.3. The lowest BCUT2D eigenvalue weighted by atomic mass is 9.71. The Morgan fingerprint density at radius 2 is 1.33 bits per heavy atom. The molecule has 8 atom stereocenters. The fourth-order valence-corrected chi connectivity index (χ4v) is 4.82. The minimum absolute atomic E-state index is 0.216. The third-order valence-electron chi connectivity index (χ3n) is 8.23. The minimum Gasteiger partial charge on any atom is -0.455 e. The van der Waals surface area contributed by atoms with Gasteiger partial charge in [-0.25, -0.2) is 14.4 Å². The molecule has 1 N–H and O–H groups in total. The molecule has 39 heavy (non-hydrogen) atoms. The molecule has 3 aliphatic rings. The molecule has 3 rings (SSSR count). The van der Waals surface area contributed by atoms with Crippen molar-refractivity contribution in [3.63, 3.8) is 0 Å². The molecule has 0 unspecified atom stereocenters. The molecular weight excluding hydrogens is 504 g/mol. The van der Waals surface area contributed by atoms with Crippen LogP contribution in [0.1, 0.15) is 68.7 Å². The van der Waals surface area contributed by atoms with E-state index in [-0.39, 0.29) is 12.5 Å². The fourth-order valence-electron chi connectivity index (χ4n) is 4.82. The Hall–Kier alpha value is -2.75. The summed E-state index contributed by atoms with van der Waals surface area (Å²) in [5, 5.41) is 11.4. The van der Waals surface area contributed by atoms with Gasteiger partial charge in [-0.1, -0.05) is 24.8 Å². The van der Waals surface area contributed by atoms with Crippen LogP contribution in [-0.4, -0.2) is 70.8 Å². The van der Waals surface area contributed by atoms with Crippen LogP contribution in [-0.2, 0) is 38.1 Å². The van der Waals surface area contributed by atoms with Gasteiger partial charge in [0.2, 0.25) is 0 Å². The number of carbonyl (C=O) groups is 3. The summed E-state index contributed by atoms with van der Waals surface area (Å²) in [4.78, 5) is 38.7. The van der Waals surface area contributed by atoms with Gasteiger partial charge in [0.1, 0.15) is 36.1 Å². The summed E-state index contributed by atoms with van der Waals surface area (Å²) < 4.78 is 29.4. The standard InChI is InChI=1S/C30H42O9/c1-11-15(4)26(32)35-19(14-20-29(8,9)38-20)18(7)21-22(36-27(33)16(5)12-2)24(31)30(10)25(39-30)23(21)37-28(34)17(6)13-3/h11-13,19-25,31H,7,14H2,1-6,8-10H3/b15-11-,16-12-,17-13-/t19-,20+,21-,22+,23+,24+,25-,30+/m0/s1. The number of epoxide rings is 2. The maximum atomic E-state index is 12.9. The second kappa shape index (κ2) is 11.4. The van der Waals surface area contributed by atoms with Crippen molar-refractivity contribution in [1.82, 2.24) is 0 Å². The molecule has 0 aromatic rings. The molecule has 0 aromatic carbocycles. The maximum absolute atomic E-state index is 12.9. The Kier molecular flexibility index (Phi) is 8.99. The molecule has 216 valence electrons. The van der Waals surface area contributed by atoms with Crippen molar-refractivity contribution < 1.29 is 43.2 Å². The summed E-state index contributed by atoms with van der Waals surface area (Å²) in [5.74, 6) is -2.69. The lowest BCUT2D eigenvalue weighted by molar-refractivity contribution is -0.173. The smallest absolute Gasteiger partial charge is 0.333 e. The van der Waals surface area contributed by atoms with E-state index in [4.69, 9.17) is 23.7 Å². The molecule has 0 spiro atoms. The first-order chi connectivity index (χ1) is 18.1. The van der Waals surface area contributed by atoms with Crippen LogP contribution in [0.3, 0.4) is 0 Å². The summed E-state index contributed by atoms with van der Waals surface area (Å²) >= 11 is 0. The first-order valence-electron chi connectivity index (χ1n) is 13.4. The van der Waals surface area contributed by atoms with Crippen LogP contribution in [0.4, 0.5) is 0 Å². The summed E-state index contributed by atoms with van der Waals surface area (Å²) in [7, 11) is 0. The molecule has 2 saturated heterocycles. The summed E-state index contributed by atoms with van der Waals surface area (Å²) in [6.07, 6.45) is -0.0297. The molecule has 1 saturated carbocycles. The fraction of sp³-hybridized carbons (Fsp3) is 0.633. The molecule has 0 aromatic heterocycles. The highest BCUT2D eigenvalue weighted by molar-refractivity contribution is 5.89. The predicted molar refractivity (Wildman–Crippen MR) is 143 cm³/mol. The van der Waals surface area contributed by atoms with Crippen molar-refractivity contribution in [1.29, 1.82) is 0 Å². The number of hydrogen-bond acceptors (Lipinski definition) is 9. The Balaban J connectivity index is 2.06. The molecule has 2 aliphatic heterocycles. The molecule has 1 aliphatic carbocycles. The van der Waals surface area contributed by atoms with E-state index < -0.39 is 65.5 Å². The first-order valence-corrected chi connectivity index (χ1v) is 13.4. The summed E-state index contributed by atoms with van der Waals surface area (Å²) in [5.41, 5.74) is -0.0461. The quantitative estimate of drug-likeness (QED) is 0.143. The van der Waals surface area contributed by atoms with Crippen molar-refractivity contribution in [2.24, 2.45) is 5.92 Å². The Labute approximate surface area is 230 Å². The van der Waals surface area contributed by atoms with Gasteiger partial charge in [-0.15, -0.1) is 0 Å². The number of carbonyl (C=O) groups excluding carboxylic acids is 3. The maximum Gasteiger partial charge on any atom is 0.333 e. The van der Waals surface area contributed by atoms with Crippen LogP contribution in [0.5, 0.6) is 0 Å². The third kappa shape index (κ3) is 6.21. The predicted octanol–water partition coefficient (Wildman–Crippen LogP) is 3.89. The molecular formula is C30H42O9. The van der Waals surface area contributed by atoms with E-state index in [0.29, 0.717) is 22.3 Å². The highest BCUT2D eigenvalue weighted by atomic mass is 16.7. The van der Waals surface area contributed by atoms with Crippen molar-refractivity contribution in [2.75, 3.05) is 0 Å². The topological polar surface area (TPSA) is 124 Å². The third-order valence-corrected chi connectivity index (χ3v) is 8.23. The zero-order valence-electron chi connectivity index (χ0n) is 24.4. The molecule has 3 fully saturated rings. The number of rotatable bonds is 10. The highest BCUT2D eigenvalue weighted by Gasteiger charge is 2.72. The zero-order chi connectivity index (χ0) is 29.4. The number of aliphatic hydroxyl groups excluding tert-OH is 1. The van der Waals surface area contributed by atoms with Gasteiger partial charge in [-0.2, -0.15) is 0 Å². The van der Waals surface area contributed by atoms with E-state index >= 15 is 0 Å². The highest BCUT2D eigenvalue weighted by Crippen LogP contribution is 2.54. The number of aliphatic hydroxyl groups is 1. The van der Waals surface area contributed by atoms with Gasteiger partial charge in [-0.3, -0.25) is 0 Å². The number of esters is 3. The van der Waals surface area contributed by atoms with Crippen LogP contribution >= 0.6 is 0 Å². The Morgan fingerprint density at radius 3 is 1.79 bits per heavy atom. The van der Waals surface area contributed by atoms with Gasteiger partial charge in [0.25, 0.3) is 0 Å². The van der Waals surface area contributed by atoms with Crippen molar-refractivity contribution in [3.05, 3.63) is 47.1 Å². The molecule has 9 heteroatoms. The van der Waals surface area contributed by atoms with Crippen molar-refractivity contribution in [2.45, 2.75) is 117 Å². The van der Waals surface area contributed by atoms with E-state index in [1.54, 1.807) is 66.7 Å². The van der Waals surface area contributed by atoms with E-state index in [1.807, 2.05) is 13.8 Å². The SMILES string of the molecule is C=C([C@H]1[C@@H](OC(=O)/C(C)=C\C)[C@@H](O)[C@@]2(C)O[C@H]2[C@@H]1OC(=O)/C(C)=C\C)[C@H](C[C@H]1OC1(C)C)OC(=O)/C(C)=C\C. The molecule has 0 radical (unpaired) electrons. The summed E-state index contributed by atoms with van der Waals surface area (Å²) in [6, 6.07) is 0. The zero-order valence-corrected chi connectivity index (χ0v) is 24.4. The normalized spacial score (nSPS) is 34.4. The number of fused-ring (bicyclic) bond motifs is 1. The van der Waals surface area contributed by atoms with Gasteiger partial charge < -0.3 is 28.8 Å². The molecule has 9 nitrogen and oxygen atoms in total. The van der Waals surface area contributed by atoms with Gasteiger partial charge >= 0.3 is 17.9 Å². The van der Waals surface area contributed by atoms with E-state index in [1.165, 1.54) is 0 Å².